The fourth-order valence-corrected chi connectivity index (χ4v) is 1.99. The maximum atomic E-state index is 11.9. The van der Waals surface area contributed by atoms with Crippen LogP contribution in [0.15, 0.2) is 18.3 Å². The van der Waals surface area contributed by atoms with Gasteiger partial charge in [0, 0.05) is 31.4 Å². The van der Waals surface area contributed by atoms with E-state index in [1.54, 1.807) is 0 Å². The molecule has 0 unspecified atom stereocenters. The molecular weight excluding hydrogens is 202 g/mol. The van der Waals surface area contributed by atoms with Crippen molar-refractivity contribution in [3.63, 3.8) is 0 Å². The number of aromatic nitrogens is 1. The first-order valence-electron chi connectivity index (χ1n) is 5.82. The molecule has 16 heavy (non-hydrogen) atoms. The zero-order valence-corrected chi connectivity index (χ0v) is 9.68. The molecule has 1 aromatic rings. The number of nitrogens with one attached hydrogen (secondary N) is 3. The van der Waals surface area contributed by atoms with E-state index in [0.29, 0.717) is 6.54 Å². The Bertz CT molecular complexity index is 341. The normalized spacial score (nSPS) is 17.1. The quantitative estimate of drug-likeness (QED) is 0.661. The number of hydrogen-bond acceptors (Lipinski definition) is 2. The van der Waals surface area contributed by atoms with E-state index >= 15 is 0 Å². The highest BCUT2D eigenvalue weighted by molar-refractivity contribution is 5.85. The number of rotatable bonds is 6. The first-order chi connectivity index (χ1) is 7.77. The fourth-order valence-electron chi connectivity index (χ4n) is 1.99. The summed E-state index contributed by atoms with van der Waals surface area (Å²) in [5.74, 6) is 0.202. The van der Waals surface area contributed by atoms with Gasteiger partial charge in [-0.15, -0.1) is 0 Å². The van der Waals surface area contributed by atoms with Crippen molar-refractivity contribution in [2.75, 3.05) is 20.1 Å². The lowest BCUT2D eigenvalue weighted by atomic mass is 10.1. The maximum Gasteiger partial charge on any atom is 0.227 e. The average Bonchev–Trinajstić information content (AvgIpc) is 2.88. The number of hydrogen-bond donors (Lipinski definition) is 3. The first kappa shape index (κ1) is 11.2. The Kier molecular flexibility index (Phi) is 3.29. The predicted molar refractivity (Wildman–Crippen MR) is 63.1 cm³/mol. The summed E-state index contributed by atoms with van der Waals surface area (Å²) in [6, 6.07) is 4.01. The molecular formula is C12H19N3O. The van der Waals surface area contributed by atoms with Crippen molar-refractivity contribution >= 4 is 5.91 Å². The molecule has 3 N–H and O–H groups in total. The summed E-state index contributed by atoms with van der Waals surface area (Å²) < 4.78 is 0. The molecule has 88 valence electrons. The molecule has 0 bridgehead atoms. The SMILES string of the molecule is CNCC1(C(=O)NCCc2ccc[nH]2)CC1. The van der Waals surface area contributed by atoms with Crippen LogP contribution in [0.5, 0.6) is 0 Å². The fraction of sp³-hybridized carbons (Fsp3) is 0.583. The zero-order valence-electron chi connectivity index (χ0n) is 9.68. The Balaban J connectivity index is 1.72. The van der Waals surface area contributed by atoms with Crippen LogP contribution in [0, 0.1) is 5.41 Å². The molecule has 1 saturated carbocycles. The van der Waals surface area contributed by atoms with Crippen LogP contribution < -0.4 is 10.6 Å². The standard InChI is InChI=1S/C12H19N3O/c1-13-9-12(5-6-12)11(16)15-8-4-10-3-2-7-14-10/h2-3,7,13-14H,4-6,8-9H2,1H3,(H,15,16). The molecule has 1 amide bonds. The van der Waals surface area contributed by atoms with Gasteiger partial charge < -0.3 is 15.6 Å². The highest BCUT2D eigenvalue weighted by atomic mass is 16.2. The van der Waals surface area contributed by atoms with Crippen molar-refractivity contribution < 1.29 is 4.79 Å². The molecule has 1 aliphatic rings. The van der Waals surface area contributed by atoms with Crippen LogP contribution in [-0.2, 0) is 11.2 Å². The minimum Gasteiger partial charge on any atom is -0.365 e. The summed E-state index contributed by atoms with van der Waals surface area (Å²) in [5, 5.41) is 6.10. The van der Waals surface area contributed by atoms with Crippen LogP contribution in [0.2, 0.25) is 0 Å². The molecule has 0 saturated heterocycles. The zero-order chi connectivity index (χ0) is 11.4. The molecule has 1 heterocycles. The summed E-state index contributed by atoms with van der Waals surface area (Å²) >= 11 is 0. The van der Waals surface area contributed by atoms with E-state index in [1.165, 1.54) is 5.69 Å². The summed E-state index contributed by atoms with van der Waals surface area (Å²) in [6.07, 6.45) is 4.80. The predicted octanol–water partition coefficient (Wildman–Crippen LogP) is 0.673. The van der Waals surface area contributed by atoms with Crippen molar-refractivity contribution in [3.8, 4) is 0 Å². The molecule has 4 heteroatoms. The average molecular weight is 221 g/mol. The third kappa shape index (κ3) is 2.44. The van der Waals surface area contributed by atoms with Gasteiger partial charge in [0.05, 0.1) is 5.41 Å². The molecule has 0 radical (unpaired) electrons. The molecule has 4 nitrogen and oxygen atoms in total. The van der Waals surface area contributed by atoms with Gasteiger partial charge in [0.25, 0.3) is 0 Å². The van der Waals surface area contributed by atoms with Gasteiger partial charge >= 0.3 is 0 Å². The van der Waals surface area contributed by atoms with Crippen molar-refractivity contribution in [2.24, 2.45) is 5.41 Å². The van der Waals surface area contributed by atoms with Crippen molar-refractivity contribution in [1.82, 2.24) is 15.6 Å². The second-order valence-corrected chi connectivity index (χ2v) is 4.51. The molecule has 0 aliphatic heterocycles. The lowest BCUT2D eigenvalue weighted by Crippen LogP contribution is -2.38. The van der Waals surface area contributed by atoms with Gasteiger partial charge in [-0.3, -0.25) is 4.79 Å². The summed E-state index contributed by atoms with van der Waals surface area (Å²) in [4.78, 5) is 15.0. The van der Waals surface area contributed by atoms with Crippen molar-refractivity contribution in [3.05, 3.63) is 24.0 Å². The lowest BCUT2D eigenvalue weighted by molar-refractivity contribution is -0.126. The van der Waals surface area contributed by atoms with E-state index in [1.807, 2.05) is 25.4 Å². The monoisotopic (exact) mass is 221 g/mol. The Morgan fingerprint density at radius 1 is 1.56 bits per heavy atom. The van der Waals surface area contributed by atoms with E-state index in [0.717, 1.165) is 25.8 Å². The van der Waals surface area contributed by atoms with Crippen LogP contribution >= 0.6 is 0 Å². The molecule has 0 atom stereocenters. The smallest absolute Gasteiger partial charge is 0.227 e. The van der Waals surface area contributed by atoms with Crippen molar-refractivity contribution in [2.45, 2.75) is 19.3 Å². The minimum atomic E-state index is -0.107. The van der Waals surface area contributed by atoms with Gasteiger partial charge in [-0.1, -0.05) is 0 Å². The van der Waals surface area contributed by atoms with E-state index in [2.05, 4.69) is 15.6 Å². The summed E-state index contributed by atoms with van der Waals surface area (Å²) in [6.45, 7) is 1.51. The third-order valence-electron chi connectivity index (χ3n) is 3.19. The molecule has 2 rings (SSSR count). The number of H-pyrrole nitrogens is 1. The molecule has 1 aromatic heterocycles. The van der Waals surface area contributed by atoms with Gasteiger partial charge in [-0.2, -0.15) is 0 Å². The second-order valence-electron chi connectivity index (χ2n) is 4.51. The minimum absolute atomic E-state index is 0.107. The van der Waals surface area contributed by atoms with Crippen LogP contribution in [0.25, 0.3) is 0 Å². The molecule has 1 aliphatic carbocycles. The Morgan fingerprint density at radius 3 is 2.94 bits per heavy atom. The first-order valence-corrected chi connectivity index (χ1v) is 5.82. The van der Waals surface area contributed by atoms with Gasteiger partial charge in [0.2, 0.25) is 5.91 Å². The Morgan fingerprint density at radius 2 is 2.38 bits per heavy atom. The molecule has 0 spiro atoms. The van der Waals surface area contributed by atoms with Gasteiger partial charge in [-0.25, -0.2) is 0 Å². The molecule has 0 aromatic carbocycles. The maximum absolute atomic E-state index is 11.9. The third-order valence-corrected chi connectivity index (χ3v) is 3.19. The van der Waals surface area contributed by atoms with Gasteiger partial charge in [0.15, 0.2) is 0 Å². The second kappa shape index (κ2) is 4.70. The largest absolute Gasteiger partial charge is 0.365 e. The Labute approximate surface area is 95.8 Å². The Hall–Kier alpha value is -1.29. The van der Waals surface area contributed by atoms with E-state index in [9.17, 15) is 4.79 Å². The highest BCUT2D eigenvalue weighted by Crippen LogP contribution is 2.45. The van der Waals surface area contributed by atoms with Crippen LogP contribution in [0.1, 0.15) is 18.5 Å². The molecule has 1 fully saturated rings. The van der Waals surface area contributed by atoms with Gasteiger partial charge in [0.1, 0.15) is 0 Å². The number of carbonyl (C=O) groups excluding carboxylic acids is 1. The number of aromatic amines is 1. The van der Waals surface area contributed by atoms with E-state index < -0.39 is 0 Å². The number of carbonyl (C=O) groups is 1. The summed E-state index contributed by atoms with van der Waals surface area (Å²) in [7, 11) is 1.90. The van der Waals surface area contributed by atoms with Gasteiger partial charge in [-0.05, 0) is 32.0 Å². The van der Waals surface area contributed by atoms with E-state index in [4.69, 9.17) is 0 Å². The lowest BCUT2D eigenvalue weighted by Gasteiger charge is -2.14. The van der Waals surface area contributed by atoms with Crippen LogP contribution in [0.4, 0.5) is 0 Å². The topological polar surface area (TPSA) is 56.9 Å². The van der Waals surface area contributed by atoms with E-state index in [-0.39, 0.29) is 11.3 Å². The van der Waals surface area contributed by atoms with Crippen molar-refractivity contribution in [1.29, 1.82) is 0 Å². The van der Waals surface area contributed by atoms with Crippen LogP contribution in [0.3, 0.4) is 0 Å². The summed E-state index contributed by atoms with van der Waals surface area (Å²) in [5.41, 5.74) is 1.06. The number of amides is 1. The highest BCUT2D eigenvalue weighted by Gasteiger charge is 2.48. The van der Waals surface area contributed by atoms with Crippen LogP contribution in [-0.4, -0.2) is 31.0 Å².